The average Bonchev–Trinajstić information content (AvgIpc) is 3.34. The Kier molecular flexibility index (Phi) is 5.20. The highest BCUT2D eigenvalue weighted by Gasteiger charge is 2.16. The predicted molar refractivity (Wildman–Crippen MR) is 98.4 cm³/mol. The number of rotatable bonds is 8. The van der Waals surface area contributed by atoms with Crippen LogP contribution in [0.3, 0.4) is 0 Å². The van der Waals surface area contributed by atoms with Gasteiger partial charge in [-0.05, 0) is 43.3 Å². The first-order valence-corrected chi connectivity index (χ1v) is 8.81. The number of aromatic nitrogens is 2. The maximum Gasteiger partial charge on any atom is 0.231 e. The number of ether oxygens (including phenoxy) is 3. The number of hydrogen-bond acceptors (Lipinski definition) is 5. The van der Waals surface area contributed by atoms with E-state index in [0.29, 0.717) is 13.2 Å². The molecule has 7 heteroatoms. The molecule has 4 rings (SSSR count). The molecule has 0 bridgehead atoms. The number of nitrogens with one attached hydrogen (secondary N) is 2. The number of H-pyrrole nitrogens is 1. The van der Waals surface area contributed by atoms with Gasteiger partial charge < -0.3 is 19.5 Å². The van der Waals surface area contributed by atoms with Crippen LogP contribution in [0, 0.1) is 5.82 Å². The maximum atomic E-state index is 13.5. The van der Waals surface area contributed by atoms with Crippen molar-refractivity contribution in [2.24, 2.45) is 0 Å². The lowest BCUT2D eigenvalue weighted by molar-refractivity contribution is 0.174. The van der Waals surface area contributed by atoms with E-state index in [1.165, 1.54) is 6.07 Å². The summed E-state index contributed by atoms with van der Waals surface area (Å²) in [5.41, 5.74) is 3.00. The number of hydrogen-bond donors (Lipinski definition) is 2. The van der Waals surface area contributed by atoms with E-state index in [0.717, 1.165) is 41.3 Å². The van der Waals surface area contributed by atoms with Gasteiger partial charge in [0.25, 0.3) is 0 Å². The zero-order chi connectivity index (χ0) is 18.5. The average molecular weight is 369 g/mol. The van der Waals surface area contributed by atoms with E-state index in [1.807, 2.05) is 24.4 Å². The van der Waals surface area contributed by atoms with Gasteiger partial charge in [0.2, 0.25) is 6.79 Å². The van der Waals surface area contributed by atoms with Gasteiger partial charge in [0.15, 0.2) is 23.1 Å². The molecule has 0 spiro atoms. The molecule has 1 aromatic heterocycles. The molecule has 0 amide bonds. The molecule has 0 saturated carbocycles. The molecule has 1 aliphatic rings. The smallest absolute Gasteiger partial charge is 0.231 e. The molecular formula is C20H20FN3O3. The van der Waals surface area contributed by atoms with E-state index in [2.05, 4.69) is 15.5 Å². The summed E-state index contributed by atoms with van der Waals surface area (Å²) in [7, 11) is 0. The standard InChI is InChI=1S/C20H20FN3O3/c21-16-4-1-2-5-17(16)25-9-3-8-22-11-15-12-23-24-20(15)14-6-7-18-19(10-14)27-13-26-18/h1-2,4-7,10,12,22H,3,8-9,11,13H2,(H,23,24). The third kappa shape index (κ3) is 4.03. The fourth-order valence-electron chi connectivity index (χ4n) is 2.91. The summed E-state index contributed by atoms with van der Waals surface area (Å²) in [5.74, 6) is 1.45. The fraction of sp³-hybridized carbons (Fsp3) is 0.250. The minimum atomic E-state index is -0.336. The second kappa shape index (κ2) is 8.09. The van der Waals surface area contributed by atoms with E-state index in [-0.39, 0.29) is 18.4 Å². The van der Waals surface area contributed by atoms with E-state index < -0.39 is 0 Å². The van der Waals surface area contributed by atoms with Gasteiger partial charge in [0.05, 0.1) is 18.5 Å². The van der Waals surface area contributed by atoms with Crippen molar-refractivity contribution in [2.75, 3.05) is 19.9 Å². The van der Waals surface area contributed by atoms with Crippen LogP contribution >= 0.6 is 0 Å². The third-order valence-electron chi connectivity index (χ3n) is 4.29. The van der Waals surface area contributed by atoms with Gasteiger partial charge in [-0.25, -0.2) is 4.39 Å². The Bertz CT molecular complexity index is 913. The Morgan fingerprint density at radius 2 is 2.04 bits per heavy atom. The maximum absolute atomic E-state index is 13.5. The summed E-state index contributed by atoms with van der Waals surface area (Å²) < 4.78 is 29.7. The molecule has 0 radical (unpaired) electrons. The Morgan fingerprint density at radius 1 is 1.15 bits per heavy atom. The summed E-state index contributed by atoms with van der Waals surface area (Å²) in [6, 6.07) is 12.2. The van der Waals surface area contributed by atoms with Crippen molar-refractivity contribution >= 4 is 0 Å². The van der Waals surface area contributed by atoms with Crippen LogP contribution in [0.15, 0.2) is 48.7 Å². The lowest BCUT2D eigenvalue weighted by atomic mass is 10.1. The fourth-order valence-corrected chi connectivity index (χ4v) is 2.91. The SMILES string of the molecule is Fc1ccccc1OCCCNCc1cn[nH]c1-c1ccc2c(c1)OCO2. The van der Waals surface area contributed by atoms with Gasteiger partial charge in [-0.15, -0.1) is 0 Å². The lowest BCUT2D eigenvalue weighted by Gasteiger charge is -2.08. The largest absolute Gasteiger partial charge is 0.490 e. The molecule has 2 N–H and O–H groups in total. The topological polar surface area (TPSA) is 68.4 Å². The number of halogens is 1. The van der Waals surface area contributed by atoms with Gasteiger partial charge in [-0.3, -0.25) is 5.10 Å². The number of para-hydroxylation sites is 1. The highest BCUT2D eigenvalue weighted by atomic mass is 19.1. The molecule has 140 valence electrons. The van der Waals surface area contributed by atoms with Crippen molar-refractivity contribution < 1.29 is 18.6 Å². The van der Waals surface area contributed by atoms with Crippen molar-refractivity contribution in [1.29, 1.82) is 0 Å². The van der Waals surface area contributed by atoms with Gasteiger partial charge >= 0.3 is 0 Å². The minimum absolute atomic E-state index is 0.255. The van der Waals surface area contributed by atoms with Crippen LogP contribution in [-0.4, -0.2) is 30.1 Å². The molecule has 1 aliphatic heterocycles. The molecule has 0 fully saturated rings. The number of benzene rings is 2. The van der Waals surface area contributed by atoms with Gasteiger partial charge in [-0.1, -0.05) is 12.1 Å². The zero-order valence-corrected chi connectivity index (χ0v) is 14.7. The van der Waals surface area contributed by atoms with Crippen molar-refractivity contribution in [3.8, 4) is 28.5 Å². The molecule has 6 nitrogen and oxygen atoms in total. The normalized spacial score (nSPS) is 12.3. The highest BCUT2D eigenvalue weighted by molar-refractivity contribution is 5.66. The number of nitrogens with zero attached hydrogens (tertiary/aromatic N) is 1. The molecule has 3 aromatic rings. The number of fused-ring (bicyclic) bond motifs is 1. The lowest BCUT2D eigenvalue weighted by Crippen LogP contribution is -2.17. The van der Waals surface area contributed by atoms with Crippen LogP contribution in [-0.2, 0) is 6.54 Å². The van der Waals surface area contributed by atoms with E-state index in [4.69, 9.17) is 14.2 Å². The highest BCUT2D eigenvalue weighted by Crippen LogP contribution is 2.36. The molecule has 0 unspecified atom stereocenters. The summed E-state index contributed by atoms with van der Waals surface area (Å²) in [4.78, 5) is 0. The summed E-state index contributed by atoms with van der Waals surface area (Å²) >= 11 is 0. The predicted octanol–water partition coefficient (Wildman–Crippen LogP) is 3.50. The molecule has 27 heavy (non-hydrogen) atoms. The summed E-state index contributed by atoms with van der Waals surface area (Å²) in [6.45, 7) is 2.12. The van der Waals surface area contributed by atoms with Gasteiger partial charge in [-0.2, -0.15) is 5.10 Å². The first-order chi connectivity index (χ1) is 13.3. The Hall–Kier alpha value is -3.06. The minimum Gasteiger partial charge on any atom is -0.490 e. The van der Waals surface area contributed by atoms with Gasteiger partial charge in [0.1, 0.15) is 0 Å². The second-order valence-corrected chi connectivity index (χ2v) is 6.15. The van der Waals surface area contributed by atoms with Crippen LogP contribution in [0.1, 0.15) is 12.0 Å². The van der Waals surface area contributed by atoms with Crippen LogP contribution < -0.4 is 19.5 Å². The van der Waals surface area contributed by atoms with Crippen LogP contribution in [0.4, 0.5) is 4.39 Å². The van der Waals surface area contributed by atoms with Gasteiger partial charge in [0, 0.05) is 17.7 Å². The van der Waals surface area contributed by atoms with Crippen LogP contribution in [0.2, 0.25) is 0 Å². The van der Waals surface area contributed by atoms with Crippen molar-refractivity contribution in [2.45, 2.75) is 13.0 Å². The summed E-state index contributed by atoms with van der Waals surface area (Å²) in [6.07, 6.45) is 2.58. The van der Waals surface area contributed by atoms with E-state index in [1.54, 1.807) is 18.2 Å². The molecule has 0 aliphatic carbocycles. The first kappa shape index (κ1) is 17.4. The second-order valence-electron chi connectivity index (χ2n) is 6.15. The van der Waals surface area contributed by atoms with E-state index >= 15 is 0 Å². The molecule has 0 saturated heterocycles. The zero-order valence-electron chi connectivity index (χ0n) is 14.7. The Labute approximate surface area is 156 Å². The van der Waals surface area contributed by atoms with Crippen LogP contribution in [0.25, 0.3) is 11.3 Å². The van der Waals surface area contributed by atoms with Crippen molar-refractivity contribution in [1.82, 2.24) is 15.5 Å². The quantitative estimate of drug-likeness (QED) is 0.595. The van der Waals surface area contributed by atoms with Crippen LogP contribution in [0.5, 0.6) is 17.2 Å². The van der Waals surface area contributed by atoms with Crippen molar-refractivity contribution in [3.63, 3.8) is 0 Å². The van der Waals surface area contributed by atoms with Crippen molar-refractivity contribution in [3.05, 3.63) is 60.0 Å². The number of aromatic amines is 1. The summed E-state index contributed by atoms with van der Waals surface area (Å²) in [5, 5.41) is 10.6. The Morgan fingerprint density at radius 3 is 2.96 bits per heavy atom. The monoisotopic (exact) mass is 369 g/mol. The Balaban J connectivity index is 1.26. The third-order valence-corrected chi connectivity index (χ3v) is 4.29. The molecular weight excluding hydrogens is 349 g/mol. The molecule has 0 atom stereocenters. The first-order valence-electron chi connectivity index (χ1n) is 8.81. The molecule has 2 aromatic carbocycles. The van der Waals surface area contributed by atoms with E-state index in [9.17, 15) is 4.39 Å². The molecule has 2 heterocycles.